The minimum absolute atomic E-state index is 0. The Morgan fingerprint density at radius 2 is 0.760 bits per heavy atom. The number of carbonyl (C=O) groups is 2. The van der Waals surface area contributed by atoms with Gasteiger partial charge in [0.1, 0.15) is 0 Å². The summed E-state index contributed by atoms with van der Waals surface area (Å²) in [6.07, 6.45) is 17.3. The van der Waals surface area contributed by atoms with E-state index in [1.807, 2.05) is 0 Å². The zero-order valence-corrected chi connectivity index (χ0v) is 19.7. The quantitative estimate of drug-likeness (QED) is 0.228. The largest absolute Gasteiger partial charge is 0.481 e. The van der Waals surface area contributed by atoms with Crippen LogP contribution in [0, 0.1) is 0 Å². The number of unbranched alkanes of at least 4 members (excludes halogenated alkanes) is 12. The first-order chi connectivity index (χ1) is 11.5. The number of carboxylic acids is 2. The Kier molecular flexibility index (Phi) is 30.3. The SMILES string of the molecule is CCCCCCCCCC(=O)O.CCCCCCCCCC(=O)O.[Zn]. The number of hydrogen-bond donors (Lipinski definition) is 2. The van der Waals surface area contributed by atoms with E-state index in [0.29, 0.717) is 12.8 Å². The Balaban J connectivity index is -0.000000372. The summed E-state index contributed by atoms with van der Waals surface area (Å²) in [7, 11) is 0. The fraction of sp³-hybridized carbons (Fsp3) is 0.900. The van der Waals surface area contributed by atoms with E-state index in [0.717, 1.165) is 25.7 Å². The van der Waals surface area contributed by atoms with Crippen LogP contribution in [-0.4, -0.2) is 22.2 Å². The van der Waals surface area contributed by atoms with Crippen molar-refractivity contribution in [1.29, 1.82) is 0 Å². The van der Waals surface area contributed by atoms with Crippen LogP contribution in [0.2, 0.25) is 0 Å². The molecule has 146 valence electrons. The number of hydrogen-bond acceptors (Lipinski definition) is 2. The zero-order valence-electron chi connectivity index (χ0n) is 16.7. The summed E-state index contributed by atoms with van der Waals surface area (Å²) in [4.78, 5) is 20.3. The average molecular weight is 410 g/mol. The molecule has 0 saturated carbocycles. The zero-order chi connectivity index (χ0) is 18.5. The van der Waals surface area contributed by atoms with Crippen LogP contribution < -0.4 is 0 Å². The van der Waals surface area contributed by atoms with Gasteiger partial charge in [0, 0.05) is 32.3 Å². The normalized spacial score (nSPS) is 9.68. The van der Waals surface area contributed by atoms with Gasteiger partial charge in [-0.15, -0.1) is 0 Å². The van der Waals surface area contributed by atoms with Gasteiger partial charge in [0.15, 0.2) is 0 Å². The first kappa shape index (κ1) is 29.3. The van der Waals surface area contributed by atoms with Crippen molar-refractivity contribution >= 4 is 11.9 Å². The molecule has 0 rings (SSSR count). The Labute approximate surface area is 167 Å². The van der Waals surface area contributed by atoms with E-state index in [2.05, 4.69) is 13.8 Å². The maximum Gasteiger partial charge on any atom is 0.303 e. The van der Waals surface area contributed by atoms with Gasteiger partial charge in [-0.2, -0.15) is 0 Å². The first-order valence-corrected chi connectivity index (χ1v) is 9.98. The molecular formula is C20H40O4Zn. The van der Waals surface area contributed by atoms with Crippen LogP contribution in [-0.2, 0) is 29.1 Å². The van der Waals surface area contributed by atoms with Crippen molar-refractivity contribution in [2.75, 3.05) is 0 Å². The molecule has 0 spiro atoms. The molecule has 0 amide bonds. The van der Waals surface area contributed by atoms with Crippen molar-refractivity contribution in [2.45, 2.75) is 117 Å². The summed E-state index contributed by atoms with van der Waals surface area (Å²) >= 11 is 0. The molecule has 5 heteroatoms. The number of aliphatic carboxylic acids is 2. The summed E-state index contributed by atoms with van der Waals surface area (Å²) in [5, 5.41) is 16.7. The Hall–Kier alpha value is -0.437. The molecule has 0 aliphatic rings. The van der Waals surface area contributed by atoms with E-state index in [-0.39, 0.29) is 19.5 Å². The molecule has 0 unspecified atom stereocenters. The smallest absolute Gasteiger partial charge is 0.303 e. The molecule has 0 fully saturated rings. The van der Waals surface area contributed by atoms with Gasteiger partial charge in [-0.1, -0.05) is 90.9 Å². The van der Waals surface area contributed by atoms with Crippen LogP contribution in [0.25, 0.3) is 0 Å². The average Bonchev–Trinajstić information content (AvgIpc) is 2.53. The van der Waals surface area contributed by atoms with E-state index in [4.69, 9.17) is 10.2 Å². The molecule has 0 bridgehead atoms. The van der Waals surface area contributed by atoms with Gasteiger partial charge in [-0.3, -0.25) is 9.59 Å². The summed E-state index contributed by atoms with van der Waals surface area (Å²) in [6.45, 7) is 4.40. The first-order valence-electron chi connectivity index (χ1n) is 9.98. The van der Waals surface area contributed by atoms with Crippen LogP contribution in [0.4, 0.5) is 0 Å². The van der Waals surface area contributed by atoms with Crippen molar-refractivity contribution in [1.82, 2.24) is 0 Å². The molecule has 0 radical (unpaired) electrons. The van der Waals surface area contributed by atoms with Gasteiger partial charge in [-0.25, -0.2) is 0 Å². The Morgan fingerprint density at radius 3 is 1.00 bits per heavy atom. The number of rotatable bonds is 16. The summed E-state index contributed by atoms with van der Waals surface area (Å²) in [6, 6.07) is 0. The molecular weight excluding hydrogens is 370 g/mol. The van der Waals surface area contributed by atoms with E-state index in [1.54, 1.807) is 0 Å². The van der Waals surface area contributed by atoms with Crippen molar-refractivity contribution in [3.8, 4) is 0 Å². The van der Waals surface area contributed by atoms with Crippen molar-refractivity contribution in [3.05, 3.63) is 0 Å². The van der Waals surface area contributed by atoms with E-state index < -0.39 is 11.9 Å². The van der Waals surface area contributed by atoms with E-state index in [1.165, 1.54) is 64.2 Å². The van der Waals surface area contributed by atoms with Gasteiger partial charge < -0.3 is 10.2 Å². The Bertz CT molecular complexity index is 255. The summed E-state index contributed by atoms with van der Waals surface area (Å²) in [5.41, 5.74) is 0. The van der Waals surface area contributed by atoms with Gasteiger partial charge in [0.05, 0.1) is 0 Å². The van der Waals surface area contributed by atoms with Crippen molar-refractivity contribution < 1.29 is 39.3 Å². The predicted molar refractivity (Wildman–Crippen MR) is 100 cm³/mol. The van der Waals surface area contributed by atoms with Gasteiger partial charge in [-0.05, 0) is 12.8 Å². The van der Waals surface area contributed by atoms with Gasteiger partial charge in [0.25, 0.3) is 0 Å². The fourth-order valence-electron chi connectivity index (χ4n) is 2.47. The monoisotopic (exact) mass is 408 g/mol. The van der Waals surface area contributed by atoms with Crippen LogP contribution in [0.3, 0.4) is 0 Å². The third-order valence-corrected chi connectivity index (χ3v) is 3.99. The molecule has 0 aromatic rings. The maximum absolute atomic E-state index is 10.1. The molecule has 0 aliphatic carbocycles. The minimum Gasteiger partial charge on any atom is -0.481 e. The molecule has 25 heavy (non-hydrogen) atoms. The third-order valence-electron chi connectivity index (χ3n) is 3.99. The van der Waals surface area contributed by atoms with Crippen molar-refractivity contribution in [3.63, 3.8) is 0 Å². The summed E-state index contributed by atoms with van der Waals surface area (Å²) < 4.78 is 0. The second-order valence-corrected chi connectivity index (χ2v) is 6.53. The molecule has 0 atom stereocenters. The second-order valence-electron chi connectivity index (χ2n) is 6.53. The summed E-state index contributed by atoms with van der Waals surface area (Å²) in [5.74, 6) is -1.33. The van der Waals surface area contributed by atoms with Crippen LogP contribution in [0.15, 0.2) is 0 Å². The van der Waals surface area contributed by atoms with E-state index in [9.17, 15) is 9.59 Å². The number of carboxylic acid groups (broad SMARTS) is 2. The van der Waals surface area contributed by atoms with Crippen molar-refractivity contribution in [2.24, 2.45) is 0 Å². The van der Waals surface area contributed by atoms with Crippen LogP contribution in [0.1, 0.15) is 117 Å². The molecule has 0 saturated heterocycles. The maximum atomic E-state index is 10.1. The molecule has 0 aliphatic heterocycles. The van der Waals surface area contributed by atoms with Gasteiger partial charge in [0.2, 0.25) is 0 Å². The Morgan fingerprint density at radius 1 is 0.520 bits per heavy atom. The fourth-order valence-corrected chi connectivity index (χ4v) is 2.47. The molecule has 0 aromatic carbocycles. The second kappa shape index (κ2) is 25.8. The molecule has 2 N–H and O–H groups in total. The van der Waals surface area contributed by atoms with E-state index >= 15 is 0 Å². The minimum atomic E-state index is -0.663. The standard InChI is InChI=1S/2C10H20O2.Zn/c2*1-2-3-4-5-6-7-8-9-10(11)12;/h2*2-9H2,1H3,(H,11,12);. The van der Waals surface area contributed by atoms with Crippen LogP contribution >= 0.6 is 0 Å². The topological polar surface area (TPSA) is 74.6 Å². The molecule has 0 aromatic heterocycles. The molecule has 0 heterocycles. The van der Waals surface area contributed by atoms with Gasteiger partial charge >= 0.3 is 11.9 Å². The third kappa shape index (κ3) is 35.5. The molecule has 4 nitrogen and oxygen atoms in total. The predicted octanol–water partition coefficient (Wildman–Crippen LogP) is 6.42. The van der Waals surface area contributed by atoms with Crippen LogP contribution in [0.5, 0.6) is 0 Å².